The molecule has 4 aliphatic rings. The van der Waals surface area contributed by atoms with E-state index in [0.717, 1.165) is 89.5 Å². The van der Waals surface area contributed by atoms with Crippen molar-refractivity contribution < 1.29 is 23.5 Å². The van der Waals surface area contributed by atoms with E-state index < -0.39 is 5.82 Å². The second-order valence-electron chi connectivity index (χ2n) is 15.9. The summed E-state index contributed by atoms with van der Waals surface area (Å²) in [4.78, 5) is 47.6. The van der Waals surface area contributed by atoms with Crippen molar-refractivity contribution in [1.29, 1.82) is 0 Å². The summed E-state index contributed by atoms with van der Waals surface area (Å²) in [6.07, 6.45) is 9.05. The second kappa shape index (κ2) is 15.5. The molecule has 2 amide bonds. The lowest BCUT2D eigenvalue weighted by atomic mass is 9.61. The van der Waals surface area contributed by atoms with Crippen LogP contribution in [0.25, 0.3) is 0 Å². The van der Waals surface area contributed by atoms with E-state index in [1.807, 2.05) is 46.9 Å². The fourth-order valence-electron chi connectivity index (χ4n) is 8.23. The first-order valence-corrected chi connectivity index (χ1v) is 19.2. The van der Waals surface area contributed by atoms with Crippen molar-refractivity contribution in [3.63, 3.8) is 0 Å². The standard InChI is InChI=1S/C40H53FN8O4/c1-6-49(27(4)5)39(51)31-16-28(41)8-9-34(31)53-36-19-42-25-44-37(36)48-23-40(24-48)17-30(18-40)52-35-10-12-43-33-11-15-46(22-32(33)35)13-7-14-47-20-29(21-47)45-38(50)26(2)3/h8-10,12,16,19,25-27,29-30H,6-7,11,13-15,17-18,20-24H2,1-5H3,(H,45,50). The number of nitrogens with zero attached hydrogens (tertiary/aromatic N) is 7. The molecule has 0 radical (unpaired) electrons. The summed E-state index contributed by atoms with van der Waals surface area (Å²) in [7, 11) is 0. The van der Waals surface area contributed by atoms with Crippen LogP contribution in [0.2, 0.25) is 0 Å². The van der Waals surface area contributed by atoms with Crippen LogP contribution in [0.4, 0.5) is 10.2 Å². The van der Waals surface area contributed by atoms with Gasteiger partial charge in [-0.3, -0.25) is 24.4 Å². The summed E-state index contributed by atoms with van der Waals surface area (Å²) >= 11 is 0. The first kappa shape index (κ1) is 37.0. The summed E-state index contributed by atoms with van der Waals surface area (Å²) in [5.41, 5.74) is 2.68. The number of carbonyl (C=O) groups is 2. The number of rotatable bonds is 14. The second-order valence-corrected chi connectivity index (χ2v) is 15.9. The number of ether oxygens (including phenoxy) is 2. The zero-order chi connectivity index (χ0) is 37.3. The van der Waals surface area contributed by atoms with Gasteiger partial charge in [0, 0.05) is 87.1 Å². The van der Waals surface area contributed by atoms with Crippen LogP contribution >= 0.6 is 0 Å². The number of likely N-dealkylation sites (tertiary alicyclic amines) is 1. The summed E-state index contributed by atoms with van der Waals surface area (Å²) in [6.45, 7) is 17.6. The molecule has 1 aliphatic carbocycles. The van der Waals surface area contributed by atoms with Crippen LogP contribution in [-0.2, 0) is 17.8 Å². The first-order valence-electron chi connectivity index (χ1n) is 19.2. The summed E-state index contributed by atoms with van der Waals surface area (Å²) in [6, 6.07) is 6.29. The highest BCUT2D eigenvalue weighted by Crippen LogP contribution is 2.52. The largest absolute Gasteiger partial charge is 0.490 e. The van der Waals surface area contributed by atoms with E-state index in [1.165, 1.54) is 30.1 Å². The number of fused-ring (bicyclic) bond motifs is 1. The minimum Gasteiger partial charge on any atom is -0.490 e. The molecule has 5 heterocycles. The molecule has 12 nitrogen and oxygen atoms in total. The number of anilines is 1. The number of carbonyl (C=O) groups excluding carboxylic acids is 2. The summed E-state index contributed by atoms with van der Waals surface area (Å²) in [5.74, 6) is 1.70. The molecule has 1 N–H and O–H groups in total. The van der Waals surface area contributed by atoms with E-state index in [-0.39, 0.29) is 52.6 Å². The molecule has 2 saturated heterocycles. The Labute approximate surface area is 312 Å². The zero-order valence-corrected chi connectivity index (χ0v) is 31.7. The highest BCUT2D eigenvalue weighted by atomic mass is 19.1. The summed E-state index contributed by atoms with van der Waals surface area (Å²) in [5, 5.41) is 3.13. The zero-order valence-electron chi connectivity index (χ0n) is 31.7. The molecule has 7 rings (SSSR count). The minimum absolute atomic E-state index is 0.0283. The Kier molecular flexibility index (Phi) is 10.8. The lowest BCUT2D eigenvalue weighted by molar-refractivity contribution is -0.125. The van der Waals surface area contributed by atoms with Gasteiger partial charge in [0.25, 0.3) is 5.91 Å². The smallest absolute Gasteiger partial charge is 0.257 e. The molecular formula is C40H53FN8O4. The number of halogens is 1. The van der Waals surface area contributed by atoms with E-state index in [0.29, 0.717) is 18.1 Å². The van der Waals surface area contributed by atoms with Gasteiger partial charge >= 0.3 is 0 Å². The number of nitrogens with one attached hydrogen (secondary N) is 1. The van der Waals surface area contributed by atoms with Crippen LogP contribution in [0, 0.1) is 17.2 Å². The van der Waals surface area contributed by atoms with E-state index in [9.17, 15) is 14.0 Å². The van der Waals surface area contributed by atoms with Crippen LogP contribution in [0.1, 0.15) is 75.5 Å². The monoisotopic (exact) mass is 728 g/mol. The molecule has 1 aromatic carbocycles. The highest BCUT2D eigenvalue weighted by Gasteiger charge is 2.54. The van der Waals surface area contributed by atoms with Gasteiger partial charge in [-0.05, 0) is 77.4 Å². The van der Waals surface area contributed by atoms with Crippen LogP contribution < -0.4 is 19.7 Å². The third kappa shape index (κ3) is 8.11. The molecule has 3 aliphatic heterocycles. The van der Waals surface area contributed by atoms with Gasteiger partial charge in [0.15, 0.2) is 11.6 Å². The Hall–Kier alpha value is -4.36. The fraction of sp³-hybridized carbons (Fsp3) is 0.575. The van der Waals surface area contributed by atoms with E-state index in [4.69, 9.17) is 14.5 Å². The van der Waals surface area contributed by atoms with Gasteiger partial charge in [0.05, 0.1) is 17.8 Å². The van der Waals surface area contributed by atoms with Gasteiger partial charge in [0.2, 0.25) is 5.91 Å². The van der Waals surface area contributed by atoms with Crippen LogP contribution in [0.15, 0.2) is 43.0 Å². The lowest BCUT2D eigenvalue weighted by Gasteiger charge is -2.59. The quantitative estimate of drug-likeness (QED) is 0.245. The van der Waals surface area contributed by atoms with Gasteiger partial charge < -0.3 is 24.6 Å². The fourth-order valence-corrected chi connectivity index (χ4v) is 8.23. The third-order valence-corrected chi connectivity index (χ3v) is 11.2. The third-order valence-electron chi connectivity index (χ3n) is 11.2. The van der Waals surface area contributed by atoms with E-state index in [1.54, 1.807) is 11.1 Å². The van der Waals surface area contributed by atoms with Crippen molar-refractivity contribution in [1.82, 2.24) is 35.0 Å². The summed E-state index contributed by atoms with van der Waals surface area (Å²) < 4.78 is 27.3. The van der Waals surface area contributed by atoms with Crippen molar-refractivity contribution in [3.05, 3.63) is 65.6 Å². The highest BCUT2D eigenvalue weighted by molar-refractivity contribution is 5.97. The van der Waals surface area contributed by atoms with Crippen LogP contribution in [-0.4, -0.2) is 112 Å². The molecule has 1 spiro atoms. The Morgan fingerprint density at radius 1 is 1.04 bits per heavy atom. The maximum absolute atomic E-state index is 14.3. The normalized spacial score (nSPS) is 18.7. The molecule has 284 valence electrons. The number of pyridine rings is 1. The predicted octanol–water partition coefficient (Wildman–Crippen LogP) is 4.93. The lowest BCUT2D eigenvalue weighted by Crippen LogP contribution is -2.65. The molecule has 0 bridgehead atoms. The van der Waals surface area contributed by atoms with Gasteiger partial charge in [-0.15, -0.1) is 0 Å². The van der Waals surface area contributed by atoms with Crippen molar-refractivity contribution in [3.8, 4) is 17.2 Å². The van der Waals surface area contributed by atoms with Crippen molar-refractivity contribution in [2.24, 2.45) is 11.3 Å². The molecule has 53 heavy (non-hydrogen) atoms. The van der Waals surface area contributed by atoms with Gasteiger partial charge in [-0.1, -0.05) is 13.8 Å². The van der Waals surface area contributed by atoms with Crippen LogP contribution in [0.3, 0.4) is 0 Å². The van der Waals surface area contributed by atoms with Crippen molar-refractivity contribution in [2.45, 2.75) is 85.0 Å². The molecule has 3 aromatic rings. The average molecular weight is 729 g/mol. The number of benzene rings is 1. The molecule has 13 heteroatoms. The Morgan fingerprint density at radius 3 is 2.55 bits per heavy atom. The Morgan fingerprint density at radius 2 is 1.81 bits per heavy atom. The maximum Gasteiger partial charge on any atom is 0.257 e. The predicted molar refractivity (Wildman–Crippen MR) is 200 cm³/mol. The number of hydrogen-bond acceptors (Lipinski definition) is 10. The Balaban J connectivity index is 0.904. The van der Waals surface area contributed by atoms with Gasteiger partial charge in [-0.25, -0.2) is 14.4 Å². The number of amides is 2. The van der Waals surface area contributed by atoms with Crippen molar-refractivity contribution >= 4 is 17.6 Å². The minimum atomic E-state index is -0.497. The van der Waals surface area contributed by atoms with E-state index >= 15 is 0 Å². The maximum atomic E-state index is 14.3. The van der Waals surface area contributed by atoms with Crippen molar-refractivity contribution in [2.75, 3.05) is 57.3 Å². The molecule has 0 atom stereocenters. The molecule has 1 saturated carbocycles. The Bertz CT molecular complexity index is 1790. The molecule has 3 fully saturated rings. The van der Waals surface area contributed by atoms with Gasteiger partial charge in [0.1, 0.15) is 29.7 Å². The van der Waals surface area contributed by atoms with Gasteiger partial charge in [-0.2, -0.15) is 0 Å². The average Bonchev–Trinajstić information content (AvgIpc) is 3.08. The van der Waals surface area contributed by atoms with Crippen LogP contribution in [0.5, 0.6) is 17.2 Å². The topological polar surface area (TPSA) is 116 Å². The number of aromatic nitrogens is 3. The SMILES string of the molecule is CCN(C(=O)c1cc(F)ccc1Oc1cncnc1N1CC2(CC(Oc3ccnc4c3CN(CCCN3CC(NC(=O)C(C)C)C3)CC4)C2)C1)C(C)C. The molecular weight excluding hydrogens is 675 g/mol. The number of hydrogen-bond donors (Lipinski definition) is 1. The first-order chi connectivity index (χ1) is 25.5. The van der Waals surface area contributed by atoms with E-state index in [2.05, 4.69) is 30.0 Å². The molecule has 0 unspecified atom stereocenters. The molecule has 2 aromatic heterocycles.